The lowest BCUT2D eigenvalue weighted by atomic mass is 9.95. The molecule has 0 amide bonds. The number of thiophene rings is 2. The standard InChI is InChI=1S/C33H34S2/c1-2-3-4-5-6-7-8-9-10-11-23-22-31-29-15-13-24-25(27(29)17-19-33(31)35-23)12-14-28-26(24)16-18-32-30(28)20-21-34-32/h12-22H,2-11H2,1H3. The molecule has 6 aromatic rings. The van der Waals surface area contributed by atoms with Crippen LogP contribution in [0, 0.1) is 0 Å². The highest BCUT2D eigenvalue weighted by molar-refractivity contribution is 7.19. The smallest absolute Gasteiger partial charge is 0.0352 e. The van der Waals surface area contributed by atoms with Crippen LogP contribution in [0.25, 0.3) is 52.5 Å². The van der Waals surface area contributed by atoms with Crippen molar-refractivity contribution < 1.29 is 0 Å². The van der Waals surface area contributed by atoms with Gasteiger partial charge in [-0.15, -0.1) is 22.7 Å². The third-order valence-electron chi connectivity index (χ3n) is 7.70. The van der Waals surface area contributed by atoms with Crippen LogP contribution in [0.2, 0.25) is 0 Å². The van der Waals surface area contributed by atoms with Gasteiger partial charge in [0.25, 0.3) is 0 Å². The van der Waals surface area contributed by atoms with E-state index in [0.29, 0.717) is 0 Å². The molecule has 35 heavy (non-hydrogen) atoms. The summed E-state index contributed by atoms with van der Waals surface area (Å²) >= 11 is 3.83. The molecule has 0 radical (unpaired) electrons. The fourth-order valence-corrected chi connectivity index (χ4v) is 7.72. The maximum atomic E-state index is 2.48. The van der Waals surface area contributed by atoms with Crippen LogP contribution in [-0.4, -0.2) is 0 Å². The summed E-state index contributed by atoms with van der Waals surface area (Å²) < 4.78 is 2.81. The second kappa shape index (κ2) is 10.3. The lowest BCUT2D eigenvalue weighted by molar-refractivity contribution is 0.565. The zero-order chi connectivity index (χ0) is 23.6. The Morgan fingerprint density at radius 3 is 1.66 bits per heavy atom. The molecule has 0 N–H and O–H groups in total. The first kappa shape index (κ1) is 23.0. The van der Waals surface area contributed by atoms with Gasteiger partial charge in [-0.05, 0) is 74.8 Å². The van der Waals surface area contributed by atoms with E-state index in [1.165, 1.54) is 117 Å². The van der Waals surface area contributed by atoms with Crippen LogP contribution in [-0.2, 0) is 6.42 Å². The zero-order valence-corrected chi connectivity index (χ0v) is 22.4. The van der Waals surface area contributed by atoms with Gasteiger partial charge in [0.1, 0.15) is 0 Å². The Kier molecular flexibility index (Phi) is 6.76. The quantitative estimate of drug-likeness (QED) is 0.131. The van der Waals surface area contributed by atoms with Crippen molar-refractivity contribution >= 4 is 75.2 Å². The summed E-state index contributed by atoms with van der Waals surface area (Å²) in [7, 11) is 0. The SMILES string of the molecule is CCCCCCCCCCCc1cc2c(ccc3c2ccc2c4ccc5sccc5c4ccc32)s1. The van der Waals surface area contributed by atoms with Crippen LogP contribution in [0.4, 0.5) is 0 Å². The second-order valence-corrected chi connectivity index (χ2v) is 12.2. The van der Waals surface area contributed by atoms with E-state index in [2.05, 4.69) is 73.0 Å². The highest BCUT2D eigenvalue weighted by Gasteiger charge is 2.11. The first-order valence-corrected chi connectivity index (χ1v) is 15.2. The van der Waals surface area contributed by atoms with Crippen molar-refractivity contribution in [3.8, 4) is 0 Å². The predicted octanol–water partition coefficient (Wildman–Crippen LogP) is 11.6. The van der Waals surface area contributed by atoms with Crippen molar-refractivity contribution in [3.63, 3.8) is 0 Å². The van der Waals surface area contributed by atoms with Crippen LogP contribution in [0.3, 0.4) is 0 Å². The maximum absolute atomic E-state index is 2.48. The first-order valence-electron chi connectivity index (χ1n) is 13.5. The van der Waals surface area contributed by atoms with Gasteiger partial charge in [0.2, 0.25) is 0 Å². The van der Waals surface area contributed by atoms with E-state index in [-0.39, 0.29) is 0 Å². The predicted molar refractivity (Wildman–Crippen MR) is 161 cm³/mol. The molecule has 2 aromatic heterocycles. The third-order valence-corrected chi connectivity index (χ3v) is 9.74. The van der Waals surface area contributed by atoms with Gasteiger partial charge in [-0.2, -0.15) is 0 Å². The van der Waals surface area contributed by atoms with E-state index in [9.17, 15) is 0 Å². The van der Waals surface area contributed by atoms with Gasteiger partial charge in [0.05, 0.1) is 0 Å². The number of hydrogen-bond donors (Lipinski definition) is 0. The molecule has 2 heteroatoms. The lowest BCUT2D eigenvalue weighted by Crippen LogP contribution is -1.84. The minimum atomic E-state index is 1.23. The molecule has 0 saturated carbocycles. The Hall–Kier alpha value is -2.42. The summed E-state index contributed by atoms with van der Waals surface area (Å²) in [6.45, 7) is 2.29. The van der Waals surface area contributed by atoms with Crippen molar-refractivity contribution in [1.29, 1.82) is 0 Å². The summed E-state index contributed by atoms with van der Waals surface area (Å²) in [5.74, 6) is 0. The van der Waals surface area contributed by atoms with E-state index in [1.54, 1.807) is 4.88 Å². The largest absolute Gasteiger partial charge is 0.144 e. The molecule has 178 valence electrons. The van der Waals surface area contributed by atoms with Crippen LogP contribution >= 0.6 is 22.7 Å². The summed E-state index contributed by atoms with van der Waals surface area (Å²) in [5.41, 5.74) is 0. The molecule has 2 heterocycles. The second-order valence-electron chi connectivity index (χ2n) is 10.1. The molecule has 0 fully saturated rings. The van der Waals surface area contributed by atoms with Gasteiger partial charge in [-0.25, -0.2) is 0 Å². The van der Waals surface area contributed by atoms with Gasteiger partial charge < -0.3 is 0 Å². The number of fused-ring (bicyclic) bond motifs is 9. The van der Waals surface area contributed by atoms with Gasteiger partial charge in [-0.1, -0.05) is 94.7 Å². The van der Waals surface area contributed by atoms with Crippen molar-refractivity contribution in [1.82, 2.24) is 0 Å². The van der Waals surface area contributed by atoms with E-state index in [1.807, 2.05) is 22.7 Å². The molecule has 0 aliphatic heterocycles. The minimum Gasteiger partial charge on any atom is -0.144 e. The molecule has 4 aromatic carbocycles. The fourth-order valence-electron chi connectivity index (χ4n) is 5.80. The fraction of sp³-hybridized carbons (Fsp3) is 0.333. The Labute approximate surface area is 216 Å². The van der Waals surface area contributed by atoms with Gasteiger partial charge in [0, 0.05) is 25.0 Å². The molecule has 0 aliphatic rings. The monoisotopic (exact) mass is 494 g/mol. The van der Waals surface area contributed by atoms with Gasteiger partial charge in [0.15, 0.2) is 0 Å². The summed E-state index contributed by atoms with van der Waals surface area (Å²) in [6, 6.07) is 23.5. The molecule has 0 atom stereocenters. The maximum Gasteiger partial charge on any atom is 0.0352 e. The van der Waals surface area contributed by atoms with Gasteiger partial charge >= 0.3 is 0 Å². The molecule has 0 nitrogen and oxygen atoms in total. The normalized spacial score (nSPS) is 12.1. The van der Waals surface area contributed by atoms with Crippen molar-refractivity contribution in [2.75, 3.05) is 0 Å². The third kappa shape index (κ3) is 4.47. The topological polar surface area (TPSA) is 0 Å². The first-order chi connectivity index (χ1) is 17.3. The average molecular weight is 495 g/mol. The number of hydrogen-bond acceptors (Lipinski definition) is 2. The van der Waals surface area contributed by atoms with E-state index >= 15 is 0 Å². The van der Waals surface area contributed by atoms with Crippen LogP contribution in [0.1, 0.15) is 69.6 Å². The summed E-state index contributed by atoms with van der Waals surface area (Å²) in [4.78, 5) is 1.55. The van der Waals surface area contributed by atoms with Crippen molar-refractivity contribution in [2.45, 2.75) is 71.1 Å². The molecule has 0 spiro atoms. The Balaban J connectivity index is 1.23. The number of aryl methyl sites for hydroxylation is 1. The molecule has 0 unspecified atom stereocenters. The number of unbranched alkanes of at least 4 members (excludes halogenated alkanes) is 8. The van der Waals surface area contributed by atoms with Crippen LogP contribution < -0.4 is 0 Å². The Bertz CT molecular complexity index is 1610. The molecule has 0 aliphatic carbocycles. The number of rotatable bonds is 10. The average Bonchev–Trinajstić information content (AvgIpc) is 3.54. The lowest BCUT2D eigenvalue weighted by Gasteiger charge is -2.09. The van der Waals surface area contributed by atoms with E-state index in [4.69, 9.17) is 0 Å². The van der Waals surface area contributed by atoms with Crippen LogP contribution in [0.15, 0.2) is 66.0 Å². The highest BCUT2D eigenvalue weighted by Crippen LogP contribution is 2.39. The van der Waals surface area contributed by atoms with Crippen molar-refractivity contribution in [2.24, 2.45) is 0 Å². The Morgan fingerprint density at radius 1 is 0.486 bits per heavy atom. The zero-order valence-electron chi connectivity index (χ0n) is 20.7. The Morgan fingerprint density at radius 2 is 1.00 bits per heavy atom. The highest BCUT2D eigenvalue weighted by atomic mass is 32.1. The van der Waals surface area contributed by atoms with Crippen molar-refractivity contribution in [3.05, 3.63) is 70.9 Å². The van der Waals surface area contributed by atoms with E-state index in [0.717, 1.165) is 0 Å². The summed E-state index contributed by atoms with van der Waals surface area (Å²) in [5, 5.41) is 13.3. The van der Waals surface area contributed by atoms with E-state index < -0.39 is 0 Å². The molecule has 6 rings (SSSR count). The van der Waals surface area contributed by atoms with Gasteiger partial charge in [-0.3, -0.25) is 0 Å². The number of benzene rings is 4. The van der Waals surface area contributed by atoms with Crippen LogP contribution in [0.5, 0.6) is 0 Å². The molecular formula is C33H34S2. The summed E-state index contributed by atoms with van der Waals surface area (Å²) in [6.07, 6.45) is 13.8. The molecule has 0 bridgehead atoms. The molecular weight excluding hydrogens is 460 g/mol. The molecule has 0 saturated heterocycles. The minimum absolute atomic E-state index is 1.23.